The van der Waals surface area contributed by atoms with Crippen molar-refractivity contribution in [1.29, 1.82) is 0 Å². The predicted molar refractivity (Wildman–Crippen MR) is 46.4 cm³/mol. The van der Waals surface area contributed by atoms with Crippen molar-refractivity contribution in [2.45, 2.75) is 44.0 Å². The second-order valence-electron chi connectivity index (χ2n) is 2.85. The smallest absolute Gasteiger partial charge is 0.0658 e. The van der Waals surface area contributed by atoms with Gasteiger partial charge in [-0.2, -0.15) is 11.8 Å². The molecule has 0 amide bonds. The molecular formula is C8H16OS. The Kier molecular flexibility index (Phi) is 3.57. The Labute approximate surface area is 67.2 Å². The fourth-order valence-corrected chi connectivity index (χ4v) is 2.61. The number of aliphatic hydroxyl groups is 1. The Balaban J connectivity index is 2.25. The Hall–Kier alpha value is 0.310. The first-order chi connectivity index (χ1) is 4.84. The summed E-state index contributed by atoms with van der Waals surface area (Å²) in [6, 6.07) is 0. The molecule has 1 saturated carbocycles. The van der Waals surface area contributed by atoms with Gasteiger partial charge < -0.3 is 5.11 Å². The highest BCUT2D eigenvalue weighted by molar-refractivity contribution is 7.99. The number of hydrogen-bond acceptors (Lipinski definition) is 2. The summed E-state index contributed by atoms with van der Waals surface area (Å²) >= 11 is 1.91. The van der Waals surface area contributed by atoms with E-state index < -0.39 is 0 Å². The first-order valence-electron chi connectivity index (χ1n) is 4.14. The van der Waals surface area contributed by atoms with E-state index in [1.165, 1.54) is 19.3 Å². The van der Waals surface area contributed by atoms with E-state index in [-0.39, 0.29) is 6.10 Å². The van der Waals surface area contributed by atoms with Crippen LogP contribution in [0.4, 0.5) is 0 Å². The SMILES string of the molecule is CCSC1CCCCC1O. The van der Waals surface area contributed by atoms with Crippen LogP contribution < -0.4 is 0 Å². The van der Waals surface area contributed by atoms with Crippen molar-refractivity contribution in [3.8, 4) is 0 Å². The molecule has 0 bridgehead atoms. The van der Waals surface area contributed by atoms with Crippen LogP contribution in [0, 0.1) is 0 Å². The molecule has 0 aromatic heterocycles. The highest BCUT2D eigenvalue weighted by atomic mass is 32.2. The highest BCUT2D eigenvalue weighted by Crippen LogP contribution is 2.28. The van der Waals surface area contributed by atoms with E-state index >= 15 is 0 Å². The van der Waals surface area contributed by atoms with Gasteiger partial charge in [0.25, 0.3) is 0 Å². The topological polar surface area (TPSA) is 20.2 Å². The Morgan fingerprint density at radius 3 is 2.70 bits per heavy atom. The maximum atomic E-state index is 9.48. The fourth-order valence-electron chi connectivity index (χ4n) is 1.49. The molecule has 0 aromatic carbocycles. The molecular weight excluding hydrogens is 144 g/mol. The van der Waals surface area contributed by atoms with Crippen molar-refractivity contribution >= 4 is 11.8 Å². The number of thioether (sulfide) groups is 1. The Morgan fingerprint density at radius 2 is 2.10 bits per heavy atom. The van der Waals surface area contributed by atoms with Gasteiger partial charge in [-0.3, -0.25) is 0 Å². The largest absolute Gasteiger partial charge is 0.392 e. The standard InChI is InChI=1S/C8H16OS/c1-2-10-8-6-4-3-5-7(8)9/h7-9H,2-6H2,1H3. The molecule has 0 heterocycles. The van der Waals surface area contributed by atoms with E-state index in [4.69, 9.17) is 0 Å². The number of rotatable bonds is 2. The number of aliphatic hydroxyl groups excluding tert-OH is 1. The zero-order valence-electron chi connectivity index (χ0n) is 6.55. The first kappa shape index (κ1) is 8.41. The minimum absolute atomic E-state index is 0.0151. The van der Waals surface area contributed by atoms with Crippen LogP contribution in [0.25, 0.3) is 0 Å². The van der Waals surface area contributed by atoms with Crippen molar-refractivity contribution in [3.05, 3.63) is 0 Å². The minimum Gasteiger partial charge on any atom is -0.392 e. The molecule has 2 heteroatoms. The van der Waals surface area contributed by atoms with Gasteiger partial charge >= 0.3 is 0 Å². The molecule has 0 saturated heterocycles. The van der Waals surface area contributed by atoms with Gasteiger partial charge in [-0.25, -0.2) is 0 Å². The molecule has 1 rings (SSSR count). The average molecular weight is 160 g/mol. The van der Waals surface area contributed by atoms with Gasteiger partial charge in [0, 0.05) is 5.25 Å². The average Bonchev–Trinajstić information content (AvgIpc) is 1.94. The lowest BCUT2D eigenvalue weighted by Gasteiger charge is -2.26. The minimum atomic E-state index is -0.0151. The monoisotopic (exact) mass is 160 g/mol. The van der Waals surface area contributed by atoms with Crippen molar-refractivity contribution in [2.24, 2.45) is 0 Å². The summed E-state index contributed by atoms with van der Waals surface area (Å²) in [4.78, 5) is 0. The van der Waals surface area contributed by atoms with Crippen molar-refractivity contribution in [2.75, 3.05) is 5.75 Å². The second-order valence-corrected chi connectivity index (χ2v) is 4.36. The predicted octanol–water partition coefficient (Wildman–Crippen LogP) is 2.04. The fraction of sp³-hybridized carbons (Fsp3) is 1.00. The van der Waals surface area contributed by atoms with Gasteiger partial charge in [0.15, 0.2) is 0 Å². The van der Waals surface area contributed by atoms with Crippen LogP contribution in [0.5, 0.6) is 0 Å². The molecule has 1 nitrogen and oxygen atoms in total. The van der Waals surface area contributed by atoms with Gasteiger partial charge in [0.05, 0.1) is 6.10 Å². The molecule has 0 aliphatic heterocycles. The van der Waals surface area contributed by atoms with Gasteiger partial charge in [-0.15, -0.1) is 0 Å². The molecule has 60 valence electrons. The van der Waals surface area contributed by atoms with E-state index in [0.717, 1.165) is 12.2 Å². The lowest BCUT2D eigenvalue weighted by Crippen LogP contribution is -2.26. The van der Waals surface area contributed by atoms with E-state index in [1.54, 1.807) is 0 Å². The third kappa shape index (κ3) is 2.17. The van der Waals surface area contributed by atoms with Crippen molar-refractivity contribution < 1.29 is 5.11 Å². The summed E-state index contributed by atoms with van der Waals surface area (Å²) in [7, 11) is 0. The highest BCUT2D eigenvalue weighted by Gasteiger charge is 2.21. The van der Waals surface area contributed by atoms with E-state index in [1.807, 2.05) is 11.8 Å². The van der Waals surface area contributed by atoms with Crippen LogP contribution in [-0.4, -0.2) is 22.2 Å². The third-order valence-electron chi connectivity index (χ3n) is 2.05. The molecule has 2 atom stereocenters. The first-order valence-corrected chi connectivity index (χ1v) is 5.19. The molecule has 0 aromatic rings. The van der Waals surface area contributed by atoms with Crippen LogP contribution >= 0.6 is 11.8 Å². The van der Waals surface area contributed by atoms with Crippen LogP contribution in [0.3, 0.4) is 0 Å². The van der Waals surface area contributed by atoms with Gasteiger partial charge in [0.1, 0.15) is 0 Å². The molecule has 1 aliphatic rings. The summed E-state index contributed by atoms with van der Waals surface area (Å²) in [5.41, 5.74) is 0. The number of hydrogen-bond donors (Lipinski definition) is 1. The molecule has 1 N–H and O–H groups in total. The lowest BCUT2D eigenvalue weighted by atomic mass is 9.97. The summed E-state index contributed by atoms with van der Waals surface area (Å²) in [6.07, 6.45) is 4.77. The second kappa shape index (κ2) is 4.24. The van der Waals surface area contributed by atoms with Crippen LogP contribution in [0.1, 0.15) is 32.6 Å². The van der Waals surface area contributed by atoms with Crippen molar-refractivity contribution in [3.63, 3.8) is 0 Å². The molecule has 1 fully saturated rings. The van der Waals surface area contributed by atoms with Gasteiger partial charge in [0.2, 0.25) is 0 Å². The maximum Gasteiger partial charge on any atom is 0.0658 e. The molecule has 10 heavy (non-hydrogen) atoms. The Bertz CT molecular complexity index is 93.3. The van der Waals surface area contributed by atoms with Crippen molar-refractivity contribution in [1.82, 2.24) is 0 Å². The Morgan fingerprint density at radius 1 is 1.40 bits per heavy atom. The zero-order valence-corrected chi connectivity index (χ0v) is 7.36. The molecule has 0 spiro atoms. The third-order valence-corrected chi connectivity index (χ3v) is 3.36. The van der Waals surface area contributed by atoms with Crippen LogP contribution in [-0.2, 0) is 0 Å². The summed E-state index contributed by atoms with van der Waals surface area (Å²) in [5, 5.41) is 10.0. The van der Waals surface area contributed by atoms with Gasteiger partial charge in [-0.05, 0) is 18.6 Å². The normalized spacial score (nSPS) is 34.2. The quantitative estimate of drug-likeness (QED) is 0.667. The zero-order chi connectivity index (χ0) is 7.40. The molecule has 2 unspecified atom stereocenters. The summed E-state index contributed by atoms with van der Waals surface area (Å²) < 4.78 is 0. The molecule has 1 aliphatic carbocycles. The van der Waals surface area contributed by atoms with E-state index in [0.29, 0.717) is 5.25 Å². The van der Waals surface area contributed by atoms with Gasteiger partial charge in [-0.1, -0.05) is 19.8 Å². The summed E-state index contributed by atoms with van der Waals surface area (Å²) in [6.45, 7) is 2.16. The van der Waals surface area contributed by atoms with E-state index in [9.17, 15) is 5.11 Å². The summed E-state index contributed by atoms with van der Waals surface area (Å²) in [5.74, 6) is 1.14. The maximum absolute atomic E-state index is 9.48. The van der Waals surface area contributed by atoms with E-state index in [2.05, 4.69) is 6.92 Å². The lowest BCUT2D eigenvalue weighted by molar-refractivity contribution is 0.137. The van der Waals surface area contributed by atoms with Crippen LogP contribution in [0.2, 0.25) is 0 Å². The van der Waals surface area contributed by atoms with Crippen LogP contribution in [0.15, 0.2) is 0 Å². The molecule has 0 radical (unpaired) electrons.